The van der Waals surface area contributed by atoms with Gasteiger partial charge in [-0.2, -0.15) is 0 Å². The van der Waals surface area contributed by atoms with Gasteiger partial charge >= 0.3 is 11.9 Å². The van der Waals surface area contributed by atoms with Crippen molar-refractivity contribution in [2.75, 3.05) is 99.0 Å². The fraction of sp³-hybridized carbons (Fsp3) is 0.833. The van der Waals surface area contributed by atoms with E-state index in [2.05, 4.69) is 10.1 Å². The summed E-state index contributed by atoms with van der Waals surface area (Å²) in [6.07, 6.45) is 0. The summed E-state index contributed by atoms with van der Waals surface area (Å²) in [6, 6.07) is 0. The molecule has 0 bridgehead atoms. The number of carboxylic acids is 2. The first-order valence-corrected chi connectivity index (χ1v) is 9.77. The van der Waals surface area contributed by atoms with Gasteiger partial charge in [0.25, 0.3) is 0 Å². The Hall–Kier alpha value is -1.87. The summed E-state index contributed by atoms with van der Waals surface area (Å²) in [6.45, 7) is 3.25. The summed E-state index contributed by atoms with van der Waals surface area (Å²) >= 11 is 0. The summed E-state index contributed by atoms with van der Waals surface area (Å²) in [5.74, 6) is -2.54. The molecule has 31 heavy (non-hydrogen) atoms. The zero-order valence-corrected chi connectivity index (χ0v) is 17.6. The standard InChI is InChI=1S/C18H33NO12/c20-16(13-31-15-18(23)24)19-1-2-25-3-4-26-5-6-27-7-8-28-9-10-29-11-12-30-14-17(21)22/h1-15H2,(H,19,20)(H,21,22)(H,23,24). The van der Waals surface area contributed by atoms with E-state index in [1.165, 1.54) is 0 Å². The van der Waals surface area contributed by atoms with Gasteiger partial charge in [0.1, 0.15) is 19.8 Å². The lowest BCUT2D eigenvalue weighted by molar-refractivity contribution is -0.144. The van der Waals surface area contributed by atoms with Crippen LogP contribution in [-0.4, -0.2) is 127 Å². The van der Waals surface area contributed by atoms with Crippen LogP contribution in [0.4, 0.5) is 0 Å². The van der Waals surface area contributed by atoms with Gasteiger partial charge in [-0.15, -0.1) is 0 Å². The predicted molar refractivity (Wildman–Crippen MR) is 104 cm³/mol. The molecule has 0 rings (SSSR count). The molecular formula is C18H33NO12. The lowest BCUT2D eigenvalue weighted by Crippen LogP contribution is -2.31. The lowest BCUT2D eigenvalue weighted by Gasteiger charge is -2.08. The molecule has 0 aromatic carbocycles. The van der Waals surface area contributed by atoms with Gasteiger partial charge in [-0.3, -0.25) is 4.79 Å². The minimum Gasteiger partial charge on any atom is -0.480 e. The van der Waals surface area contributed by atoms with Crippen molar-refractivity contribution < 1.29 is 57.8 Å². The lowest BCUT2D eigenvalue weighted by atomic mass is 10.6. The molecule has 0 aliphatic rings. The van der Waals surface area contributed by atoms with Gasteiger partial charge in [-0.25, -0.2) is 9.59 Å². The van der Waals surface area contributed by atoms with Gasteiger partial charge in [0.05, 0.1) is 72.7 Å². The molecule has 1 amide bonds. The fourth-order valence-corrected chi connectivity index (χ4v) is 1.80. The van der Waals surface area contributed by atoms with Gasteiger partial charge in [0.2, 0.25) is 5.91 Å². The van der Waals surface area contributed by atoms with Crippen LogP contribution in [0, 0.1) is 0 Å². The number of hydrogen-bond donors (Lipinski definition) is 3. The highest BCUT2D eigenvalue weighted by molar-refractivity contribution is 5.77. The summed E-state index contributed by atoms with van der Waals surface area (Å²) in [4.78, 5) is 31.7. The van der Waals surface area contributed by atoms with E-state index < -0.39 is 24.5 Å². The number of hydrogen-bond acceptors (Lipinski definition) is 10. The average molecular weight is 455 g/mol. The maximum atomic E-state index is 11.3. The topological polar surface area (TPSA) is 168 Å². The highest BCUT2D eigenvalue weighted by Crippen LogP contribution is 1.85. The van der Waals surface area contributed by atoms with Gasteiger partial charge in [0, 0.05) is 6.54 Å². The normalized spacial score (nSPS) is 10.8. The van der Waals surface area contributed by atoms with E-state index in [1.54, 1.807) is 0 Å². The Labute approximate surface area is 180 Å². The number of ether oxygens (including phenoxy) is 7. The molecule has 0 radical (unpaired) electrons. The third-order valence-electron chi connectivity index (χ3n) is 3.11. The number of aliphatic carboxylic acids is 2. The molecule has 0 aromatic heterocycles. The van der Waals surface area contributed by atoms with Crippen molar-refractivity contribution in [3.8, 4) is 0 Å². The monoisotopic (exact) mass is 455 g/mol. The Bertz CT molecular complexity index is 463. The molecule has 0 saturated carbocycles. The number of nitrogens with one attached hydrogen (secondary N) is 1. The highest BCUT2D eigenvalue weighted by Gasteiger charge is 2.03. The Morgan fingerprint density at radius 3 is 1.26 bits per heavy atom. The van der Waals surface area contributed by atoms with Crippen molar-refractivity contribution in [3.63, 3.8) is 0 Å². The second-order valence-corrected chi connectivity index (χ2v) is 5.74. The molecular weight excluding hydrogens is 422 g/mol. The van der Waals surface area contributed by atoms with E-state index in [4.69, 9.17) is 38.6 Å². The first kappa shape index (κ1) is 29.1. The third kappa shape index (κ3) is 26.1. The molecule has 0 aliphatic carbocycles. The van der Waals surface area contributed by atoms with Crippen molar-refractivity contribution in [1.82, 2.24) is 5.32 Å². The summed E-state index contributed by atoms with van der Waals surface area (Å²) in [5, 5.41) is 19.3. The van der Waals surface area contributed by atoms with Crippen molar-refractivity contribution in [3.05, 3.63) is 0 Å². The van der Waals surface area contributed by atoms with Crippen molar-refractivity contribution in [1.29, 1.82) is 0 Å². The fourth-order valence-electron chi connectivity index (χ4n) is 1.80. The number of rotatable bonds is 24. The molecule has 13 heteroatoms. The van der Waals surface area contributed by atoms with E-state index in [1.807, 2.05) is 0 Å². The largest absolute Gasteiger partial charge is 0.480 e. The zero-order valence-electron chi connectivity index (χ0n) is 17.6. The second kappa shape index (κ2) is 22.8. The van der Waals surface area contributed by atoms with Crippen molar-refractivity contribution in [2.24, 2.45) is 0 Å². The van der Waals surface area contributed by atoms with Crippen LogP contribution in [0.25, 0.3) is 0 Å². The van der Waals surface area contributed by atoms with Crippen LogP contribution in [0.1, 0.15) is 0 Å². The molecule has 0 aromatic rings. The summed E-state index contributed by atoms with van der Waals surface area (Å²) in [7, 11) is 0. The summed E-state index contributed by atoms with van der Waals surface area (Å²) in [5.41, 5.74) is 0. The van der Waals surface area contributed by atoms with E-state index in [9.17, 15) is 14.4 Å². The van der Waals surface area contributed by atoms with Crippen LogP contribution >= 0.6 is 0 Å². The first-order chi connectivity index (χ1) is 15.0. The average Bonchev–Trinajstić information content (AvgIpc) is 2.71. The molecule has 0 aliphatic heterocycles. The number of carbonyl (C=O) groups is 3. The van der Waals surface area contributed by atoms with Crippen LogP contribution < -0.4 is 5.32 Å². The third-order valence-corrected chi connectivity index (χ3v) is 3.11. The smallest absolute Gasteiger partial charge is 0.329 e. The van der Waals surface area contributed by atoms with E-state index in [-0.39, 0.29) is 19.8 Å². The zero-order chi connectivity index (χ0) is 23.0. The molecule has 0 spiro atoms. The van der Waals surface area contributed by atoms with Gasteiger partial charge in [-0.05, 0) is 0 Å². The number of amides is 1. The predicted octanol–water partition coefficient (Wildman–Crippen LogP) is -1.61. The summed E-state index contributed by atoms with van der Waals surface area (Å²) < 4.78 is 35.9. The van der Waals surface area contributed by atoms with Crippen LogP contribution in [0.2, 0.25) is 0 Å². The maximum absolute atomic E-state index is 11.3. The Morgan fingerprint density at radius 1 is 0.484 bits per heavy atom. The van der Waals surface area contributed by atoms with E-state index >= 15 is 0 Å². The van der Waals surface area contributed by atoms with Crippen molar-refractivity contribution >= 4 is 17.8 Å². The molecule has 13 nitrogen and oxygen atoms in total. The van der Waals surface area contributed by atoms with Gasteiger partial charge in [0.15, 0.2) is 0 Å². The first-order valence-electron chi connectivity index (χ1n) is 9.77. The Balaban J connectivity index is 3.11. The van der Waals surface area contributed by atoms with Crippen LogP contribution in [0.5, 0.6) is 0 Å². The van der Waals surface area contributed by atoms with Gasteiger partial charge < -0.3 is 48.7 Å². The SMILES string of the molecule is O=C(O)COCCOCCOCCOCCOCCOCCNC(=O)COCC(=O)O. The molecule has 0 fully saturated rings. The quantitative estimate of drug-likeness (QED) is 0.143. The molecule has 0 saturated heterocycles. The molecule has 0 heterocycles. The minimum atomic E-state index is -1.13. The van der Waals surface area contributed by atoms with Crippen molar-refractivity contribution in [2.45, 2.75) is 0 Å². The van der Waals surface area contributed by atoms with Crippen LogP contribution in [-0.2, 0) is 47.5 Å². The minimum absolute atomic E-state index is 0.225. The highest BCUT2D eigenvalue weighted by atomic mass is 16.6. The van der Waals surface area contributed by atoms with E-state index in [0.29, 0.717) is 72.6 Å². The molecule has 3 N–H and O–H groups in total. The molecule has 182 valence electrons. The second-order valence-electron chi connectivity index (χ2n) is 5.74. The molecule has 0 atom stereocenters. The Morgan fingerprint density at radius 2 is 0.839 bits per heavy atom. The van der Waals surface area contributed by atoms with Gasteiger partial charge in [-0.1, -0.05) is 0 Å². The van der Waals surface area contributed by atoms with Crippen LogP contribution in [0.15, 0.2) is 0 Å². The molecule has 0 unspecified atom stereocenters. The number of carbonyl (C=O) groups excluding carboxylic acids is 1. The maximum Gasteiger partial charge on any atom is 0.329 e. The van der Waals surface area contributed by atoms with Crippen LogP contribution in [0.3, 0.4) is 0 Å². The Kier molecular flexibility index (Phi) is 21.4. The van der Waals surface area contributed by atoms with E-state index in [0.717, 1.165) is 0 Å². The number of carboxylic acid groups (broad SMARTS) is 2.